The standard InChI is InChI=1S/C28H34F4O/c1-18-3-5-19(6-4-18)20-7-9-21(10-8-20)22-11-12-24(25(30)15-22)23-16-26(31)28(27(32)17-23)33-14-2-13-29/h11-12,15-21H,2-10,13-14H2,1H3. The van der Waals surface area contributed by atoms with Gasteiger partial charge in [0, 0.05) is 12.0 Å². The average molecular weight is 463 g/mol. The van der Waals surface area contributed by atoms with Crippen LogP contribution in [0.4, 0.5) is 17.6 Å². The summed E-state index contributed by atoms with van der Waals surface area (Å²) < 4.78 is 60.9. The van der Waals surface area contributed by atoms with Crippen molar-refractivity contribution in [1.29, 1.82) is 0 Å². The Morgan fingerprint density at radius 2 is 1.39 bits per heavy atom. The minimum absolute atomic E-state index is 0.0541. The Morgan fingerprint density at radius 1 is 0.788 bits per heavy atom. The van der Waals surface area contributed by atoms with Crippen LogP contribution < -0.4 is 4.74 Å². The Bertz CT molecular complexity index is 904. The molecule has 0 saturated heterocycles. The lowest BCUT2D eigenvalue weighted by Crippen LogP contribution is -2.24. The lowest BCUT2D eigenvalue weighted by Gasteiger charge is -2.37. The molecule has 4 rings (SSSR count). The highest BCUT2D eigenvalue weighted by Crippen LogP contribution is 2.44. The molecule has 0 bridgehead atoms. The molecule has 2 aliphatic rings. The summed E-state index contributed by atoms with van der Waals surface area (Å²) in [6, 6.07) is 7.19. The molecule has 0 radical (unpaired) electrons. The number of alkyl halides is 1. The first-order chi connectivity index (χ1) is 16.0. The van der Waals surface area contributed by atoms with E-state index in [2.05, 4.69) is 6.92 Å². The van der Waals surface area contributed by atoms with Crippen LogP contribution in [0.5, 0.6) is 5.75 Å². The van der Waals surface area contributed by atoms with E-state index in [4.69, 9.17) is 4.74 Å². The van der Waals surface area contributed by atoms with Crippen LogP contribution >= 0.6 is 0 Å². The van der Waals surface area contributed by atoms with Crippen LogP contribution in [0.1, 0.15) is 76.2 Å². The molecule has 0 atom stereocenters. The van der Waals surface area contributed by atoms with E-state index in [9.17, 15) is 17.6 Å². The summed E-state index contributed by atoms with van der Waals surface area (Å²) >= 11 is 0. The van der Waals surface area contributed by atoms with Gasteiger partial charge in [0.15, 0.2) is 17.4 Å². The van der Waals surface area contributed by atoms with Crippen molar-refractivity contribution in [2.24, 2.45) is 17.8 Å². The molecule has 0 unspecified atom stereocenters. The number of rotatable bonds is 7. The van der Waals surface area contributed by atoms with Crippen molar-refractivity contribution >= 4 is 0 Å². The molecule has 2 fully saturated rings. The highest BCUT2D eigenvalue weighted by Gasteiger charge is 2.30. The van der Waals surface area contributed by atoms with Crippen LogP contribution in [0.25, 0.3) is 11.1 Å². The molecular formula is C28H34F4O. The normalized spacial score (nSPS) is 25.7. The first-order valence-electron chi connectivity index (χ1n) is 12.4. The van der Waals surface area contributed by atoms with Gasteiger partial charge in [0.25, 0.3) is 0 Å². The third kappa shape index (κ3) is 5.73. The minimum Gasteiger partial charge on any atom is -0.488 e. The molecule has 0 heterocycles. The molecular weight excluding hydrogens is 428 g/mol. The van der Waals surface area contributed by atoms with E-state index in [1.807, 2.05) is 6.07 Å². The Labute approximate surface area is 194 Å². The van der Waals surface area contributed by atoms with Gasteiger partial charge < -0.3 is 4.74 Å². The van der Waals surface area contributed by atoms with Crippen LogP contribution in [0.15, 0.2) is 30.3 Å². The molecule has 0 N–H and O–H groups in total. The highest BCUT2D eigenvalue weighted by atomic mass is 19.1. The molecule has 0 spiro atoms. The Kier molecular flexibility index (Phi) is 7.98. The van der Waals surface area contributed by atoms with E-state index in [1.165, 1.54) is 44.6 Å². The number of benzene rings is 2. The van der Waals surface area contributed by atoms with E-state index in [0.29, 0.717) is 5.92 Å². The highest BCUT2D eigenvalue weighted by molar-refractivity contribution is 5.66. The van der Waals surface area contributed by atoms with Crippen molar-refractivity contribution in [3.63, 3.8) is 0 Å². The van der Waals surface area contributed by atoms with Crippen molar-refractivity contribution in [2.75, 3.05) is 13.3 Å². The third-order valence-corrected chi connectivity index (χ3v) is 7.80. The average Bonchev–Trinajstić information content (AvgIpc) is 2.81. The van der Waals surface area contributed by atoms with E-state index in [-0.39, 0.29) is 24.2 Å². The fourth-order valence-electron chi connectivity index (χ4n) is 5.78. The zero-order chi connectivity index (χ0) is 23.4. The SMILES string of the molecule is CC1CCC(C2CCC(c3ccc(-c4cc(F)c(OCCCF)c(F)c4)c(F)c3)CC2)CC1. The van der Waals surface area contributed by atoms with Gasteiger partial charge in [-0.05, 0) is 91.5 Å². The Balaban J connectivity index is 1.41. The molecule has 1 nitrogen and oxygen atoms in total. The molecule has 2 aliphatic carbocycles. The zero-order valence-electron chi connectivity index (χ0n) is 19.4. The Hall–Kier alpha value is -2.04. The predicted octanol–water partition coefficient (Wildman–Crippen LogP) is 8.61. The third-order valence-electron chi connectivity index (χ3n) is 7.80. The largest absolute Gasteiger partial charge is 0.488 e. The maximum atomic E-state index is 15.0. The predicted molar refractivity (Wildman–Crippen MR) is 124 cm³/mol. The molecule has 0 aromatic heterocycles. The summed E-state index contributed by atoms with van der Waals surface area (Å²) in [6.07, 6.45) is 10.0. The van der Waals surface area contributed by atoms with Gasteiger partial charge in [-0.15, -0.1) is 0 Å². The summed E-state index contributed by atoms with van der Waals surface area (Å²) in [5.74, 6) is 0.0161. The van der Waals surface area contributed by atoms with Crippen molar-refractivity contribution < 1.29 is 22.3 Å². The molecule has 2 saturated carbocycles. The molecule has 180 valence electrons. The smallest absolute Gasteiger partial charge is 0.190 e. The van der Waals surface area contributed by atoms with Gasteiger partial charge in [-0.25, -0.2) is 13.2 Å². The number of ether oxygens (including phenoxy) is 1. The fraction of sp³-hybridized carbons (Fsp3) is 0.571. The van der Waals surface area contributed by atoms with E-state index in [1.54, 1.807) is 6.07 Å². The fourth-order valence-corrected chi connectivity index (χ4v) is 5.78. The van der Waals surface area contributed by atoms with Crippen molar-refractivity contribution in [2.45, 2.75) is 70.6 Å². The number of hydrogen-bond donors (Lipinski definition) is 0. The Morgan fingerprint density at radius 3 is 1.97 bits per heavy atom. The van der Waals surface area contributed by atoms with Crippen molar-refractivity contribution in [1.82, 2.24) is 0 Å². The second-order valence-corrected chi connectivity index (χ2v) is 10.0. The van der Waals surface area contributed by atoms with Crippen LogP contribution in [0.2, 0.25) is 0 Å². The maximum Gasteiger partial charge on any atom is 0.190 e. The van der Waals surface area contributed by atoms with Crippen LogP contribution in [-0.4, -0.2) is 13.3 Å². The lowest BCUT2D eigenvalue weighted by molar-refractivity contribution is 0.165. The van der Waals surface area contributed by atoms with Crippen LogP contribution in [0.3, 0.4) is 0 Å². The molecule has 2 aromatic rings. The van der Waals surface area contributed by atoms with Crippen LogP contribution in [-0.2, 0) is 0 Å². The topological polar surface area (TPSA) is 9.23 Å². The summed E-state index contributed by atoms with van der Waals surface area (Å²) in [6.45, 7) is 1.61. The first kappa shape index (κ1) is 24.1. The van der Waals surface area contributed by atoms with Crippen molar-refractivity contribution in [3.05, 3.63) is 53.3 Å². The molecule has 0 amide bonds. The van der Waals surface area contributed by atoms with Gasteiger partial charge in [-0.2, -0.15) is 0 Å². The second kappa shape index (κ2) is 10.9. The zero-order valence-corrected chi connectivity index (χ0v) is 19.4. The minimum atomic E-state index is -0.914. The summed E-state index contributed by atoms with van der Waals surface area (Å²) in [5, 5.41) is 0. The van der Waals surface area contributed by atoms with Gasteiger partial charge in [-0.1, -0.05) is 31.9 Å². The molecule has 5 heteroatoms. The lowest BCUT2D eigenvalue weighted by atomic mass is 9.68. The van der Waals surface area contributed by atoms with Gasteiger partial charge in [0.1, 0.15) is 5.82 Å². The second-order valence-electron chi connectivity index (χ2n) is 10.0. The summed E-state index contributed by atoms with van der Waals surface area (Å²) in [7, 11) is 0. The van der Waals surface area contributed by atoms with Gasteiger partial charge in [0.2, 0.25) is 0 Å². The van der Waals surface area contributed by atoms with Gasteiger partial charge in [0.05, 0.1) is 13.3 Å². The van der Waals surface area contributed by atoms with Crippen LogP contribution in [0, 0.1) is 35.2 Å². The first-order valence-corrected chi connectivity index (χ1v) is 12.4. The van der Waals surface area contributed by atoms with Gasteiger partial charge in [-0.3, -0.25) is 4.39 Å². The molecule has 2 aromatic carbocycles. The quantitative estimate of drug-likeness (QED) is 0.296. The maximum absolute atomic E-state index is 15.0. The molecule has 0 aliphatic heterocycles. The van der Waals surface area contributed by atoms with E-state index in [0.717, 1.165) is 48.3 Å². The number of halogens is 4. The van der Waals surface area contributed by atoms with E-state index < -0.39 is 29.9 Å². The van der Waals surface area contributed by atoms with E-state index >= 15 is 0 Å². The summed E-state index contributed by atoms with van der Waals surface area (Å²) in [5.41, 5.74) is 1.26. The summed E-state index contributed by atoms with van der Waals surface area (Å²) in [4.78, 5) is 0. The number of hydrogen-bond acceptors (Lipinski definition) is 1. The van der Waals surface area contributed by atoms with Gasteiger partial charge >= 0.3 is 0 Å². The monoisotopic (exact) mass is 462 g/mol. The molecule has 33 heavy (non-hydrogen) atoms. The van der Waals surface area contributed by atoms with Crippen molar-refractivity contribution in [3.8, 4) is 16.9 Å².